The van der Waals surface area contributed by atoms with Crippen LogP contribution in [-0.4, -0.2) is 26.0 Å². The van der Waals surface area contributed by atoms with Crippen molar-refractivity contribution in [2.24, 2.45) is 5.10 Å². The highest BCUT2D eigenvalue weighted by atomic mass is 32.1. The first-order chi connectivity index (χ1) is 12.9. The van der Waals surface area contributed by atoms with E-state index in [2.05, 4.69) is 15.3 Å². The van der Waals surface area contributed by atoms with Gasteiger partial charge in [0.15, 0.2) is 5.82 Å². The van der Waals surface area contributed by atoms with E-state index in [4.69, 9.17) is 17.0 Å². The number of hydrogen-bond acceptors (Lipinski definition) is 6. The van der Waals surface area contributed by atoms with Crippen molar-refractivity contribution in [3.05, 3.63) is 79.9 Å². The lowest BCUT2D eigenvalue weighted by Crippen LogP contribution is -2.05. The van der Waals surface area contributed by atoms with Gasteiger partial charge in [-0.1, -0.05) is 17.7 Å². The summed E-state index contributed by atoms with van der Waals surface area (Å²) in [4.78, 5) is 10.3. The summed E-state index contributed by atoms with van der Waals surface area (Å²) in [5, 5.41) is 21.8. The van der Waals surface area contributed by atoms with Gasteiger partial charge in [0.05, 0.1) is 11.1 Å². The minimum atomic E-state index is -0.449. The van der Waals surface area contributed by atoms with Crippen LogP contribution in [0.2, 0.25) is 0 Å². The number of aromatic nitrogens is 3. The molecule has 0 unspecified atom stereocenters. The Morgan fingerprint density at radius 3 is 2.70 bits per heavy atom. The fraction of sp³-hybridized carbons (Fsp3) is 0.167. The molecule has 0 radical (unpaired) electrons. The first kappa shape index (κ1) is 18.5. The number of aryl methyl sites for hydroxylation is 2. The molecule has 0 spiro atoms. The topological polar surface area (TPSA) is 98.3 Å². The molecule has 8 nitrogen and oxygen atoms in total. The summed E-state index contributed by atoms with van der Waals surface area (Å²) in [7, 11) is 0. The summed E-state index contributed by atoms with van der Waals surface area (Å²) in [5.74, 6) is 1.28. The predicted molar refractivity (Wildman–Crippen MR) is 104 cm³/mol. The third-order valence-electron chi connectivity index (χ3n) is 3.83. The molecule has 0 amide bonds. The normalized spacial score (nSPS) is 11.0. The van der Waals surface area contributed by atoms with Crippen molar-refractivity contribution in [1.82, 2.24) is 14.9 Å². The molecular weight excluding hydrogens is 366 g/mol. The average molecular weight is 383 g/mol. The molecule has 0 fully saturated rings. The quantitative estimate of drug-likeness (QED) is 0.301. The van der Waals surface area contributed by atoms with Crippen LogP contribution in [-0.2, 0) is 6.61 Å². The van der Waals surface area contributed by atoms with E-state index in [1.807, 2.05) is 32.0 Å². The van der Waals surface area contributed by atoms with Crippen molar-refractivity contribution in [2.75, 3.05) is 0 Å². The molecule has 1 aromatic heterocycles. The van der Waals surface area contributed by atoms with Crippen LogP contribution in [0.15, 0.2) is 47.6 Å². The summed E-state index contributed by atoms with van der Waals surface area (Å²) in [6.07, 6.45) is 1.55. The maximum atomic E-state index is 10.7. The maximum Gasteiger partial charge on any atom is 0.269 e. The fourth-order valence-corrected chi connectivity index (χ4v) is 2.65. The summed E-state index contributed by atoms with van der Waals surface area (Å²) in [5.41, 5.74) is 2.92. The summed E-state index contributed by atoms with van der Waals surface area (Å²) >= 11 is 5.20. The molecule has 27 heavy (non-hydrogen) atoms. The van der Waals surface area contributed by atoms with E-state index in [1.165, 1.54) is 16.8 Å². The predicted octanol–water partition coefficient (Wildman–Crippen LogP) is 3.93. The van der Waals surface area contributed by atoms with Gasteiger partial charge in [-0.2, -0.15) is 14.9 Å². The van der Waals surface area contributed by atoms with Crippen LogP contribution in [0.3, 0.4) is 0 Å². The van der Waals surface area contributed by atoms with E-state index in [-0.39, 0.29) is 12.3 Å². The zero-order valence-electron chi connectivity index (χ0n) is 14.7. The summed E-state index contributed by atoms with van der Waals surface area (Å²) in [6, 6.07) is 12.0. The van der Waals surface area contributed by atoms with Gasteiger partial charge in [0.1, 0.15) is 12.4 Å². The van der Waals surface area contributed by atoms with Crippen molar-refractivity contribution in [2.45, 2.75) is 20.5 Å². The van der Waals surface area contributed by atoms with Gasteiger partial charge in [0, 0.05) is 12.1 Å². The first-order valence-corrected chi connectivity index (χ1v) is 8.50. The van der Waals surface area contributed by atoms with Crippen molar-refractivity contribution in [3.8, 4) is 5.75 Å². The van der Waals surface area contributed by atoms with Gasteiger partial charge in [-0.05, 0) is 55.4 Å². The second-order valence-electron chi connectivity index (χ2n) is 5.91. The lowest BCUT2D eigenvalue weighted by molar-refractivity contribution is -0.384. The monoisotopic (exact) mass is 383 g/mol. The zero-order chi connectivity index (χ0) is 19.4. The molecule has 138 valence electrons. The highest BCUT2D eigenvalue weighted by Gasteiger charge is 2.08. The highest BCUT2D eigenvalue weighted by molar-refractivity contribution is 7.71. The van der Waals surface area contributed by atoms with Gasteiger partial charge >= 0.3 is 0 Å². The molecule has 3 rings (SSSR count). The Labute approximate surface area is 160 Å². The Morgan fingerprint density at radius 2 is 2.04 bits per heavy atom. The molecule has 1 N–H and O–H groups in total. The van der Waals surface area contributed by atoms with Gasteiger partial charge < -0.3 is 4.74 Å². The SMILES string of the molecule is Cc1ccc(OCc2n[nH]c(=S)n2/N=C\c2ccc([N+](=O)[O-])cc2)c(C)c1. The minimum absolute atomic E-state index is 0.0228. The molecule has 0 aliphatic carbocycles. The number of nitrogens with zero attached hydrogens (tertiary/aromatic N) is 4. The van der Waals surface area contributed by atoms with Gasteiger partial charge in [-0.3, -0.25) is 10.1 Å². The van der Waals surface area contributed by atoms with Gasteiger partial charge in [0.2, 0.25) is 4.77 Å². The lowest BCUT2D eigenvalue weighted by Gasteiger charge is -2.09. The Hall–Kier alpha value is -3.33. The molecule has 1 heterocycles. The van der Waals surface area contributed by atoms with Crippen molar-refractivity contribution < 1.29 is 9.66 Å². The van der Waals surface area contributed by atoms with E-state index in [1.54, 1.807) is 18.3 Å². The number of rotatable bonds is 6. The van der Waals surface area contributed by atoms with Crippen LogP contribution in [0.25, 0.3) is 0 Å². The number of ether oxygens (including phenoxy) is 1. The number of nitro groups is 1. The average Bonchev–Trinajstić information content (AvgIpc) is 2.99. The zero-order valence-corrected chi connectivity index (χ0v) is 15.6. The van der Waals surface area contributed by atoms with Crippen molar-refractivity contribution in [3.63, 3.8) is 0 Å². The number of non-ortho nitro benzene ring substituents is 1. The third kappa shape index (κ3) is 4.45. The number of nitrogens with one attached hydrogen (secondary N) is 1. The molecule has 0 saturated carbocycles. The molecular formula is C18H17N5O3S. The third-order valence-corrected chi connectivity index (χ3v) is 4.10. The van der Waals surface area contributed by atoms with Crippen LogP contribution < -0.4 is 4.74 Å². The van der Waals surface area contributed by atoms with E-state index in [0.29, 0.717) is 16.2 Å². The first-order valence-electron chi connectivity index (χ1n) is 8.09. The number of hydrogen-bond donors (Lipinski definition) is 1. The highest BCUT2D eigenvalue weighted by Crippen LogP contribution is 2.19. The Bertz CT molecular complexity index is 1050. The standard InChI is InChI=1S/C18H17N5O3S/c1-12-3-8-16(13(2)9-12)26-11-17-20-21-18(27)22(17)19-10-14-4-6-15(7-5-14)23(24)25/h3-10H,11H2,1-2H3,(H,21,27)/b19-10-. The van der Waals surface area contributed by atoms with Gasteiger partial charge in [-0.15, -0.1) is 0 Å². The Balaban J connectivity index is 1.76. The number of benzene rings is 2. The van der Waals surface area contributed by atoms with Crippen molar-refractivity contribution >= 4 is 24.1 Å². The van der Waals surface area contributed by atoms with E-state index >= 15 is 0 Å². The number of nitro benzene ring substituents is 1. The molecule has 0 aliphatic rings. The summed E-state index contributed by atoms with van der Waals surface area (Å²) in [6.45, 7) is 4.19. The maximum absolute atomic E-state index is 10.7. The Morgan fingerprint density at radius 1 is 1.30 bits per heavy atom. The van der Waals surface area contributed by atoms with Gasteiger partial charge in [0.25, 0.3) is 5.69 Å². The Kier molecular flexibility index (Phi) is 5.41. The van der Waals surface area contributed by atoms with E-state index in [9.17, 15) is 10.1 Å². The number of H-pyrrole nitrogens is 1. The van der Waals surface area contributed by atoms with Crippen LogP contribution in [0, 0.1) is 28.7 Å². The molecule has 0 aliphatic heterocycles. The molecule has 9 heteroatoms. The fourth-order valence-electron chi connectivity index (χ4n) is 2.45. The molecule has 0 bridgehead atoms. The lowest BCUT2D eigenvalue weighted by atomic mass is 10.1. The molecule has 0 atom stereocenters. The molecule has 3 aromatic rings. The second-order valence-corrected chi connectivity index (χ2v) is 6.29. The number of aromatic amines is 1. The van der Waals surface area contributed by atoms with Crippen molar-refractivity contribution in [1.29, 1.82) is 0 Å². The van der Waals surface area contributed by atoms with Crippen LogP contribution in [0.4, 0.5) is 5.69 Å². The second kappa shape index (κ2) is 7.92. The molecule has 0 saturated heterocycles. The minimum Gasteiger partial charge on any atom is -0.485 e. The van der Waals surface area contributed by atoms with Crippen LogP contribution in [0.5, 0.6) is 5.75 Å². The molecule has 2 aromatic carbocycles. The van der Waals surface area contributed by atoms with E-state index < -0.39 is 4.92 Å². The smallest absolute Gasteiger partial charge is 0.269 e. The van der Waals surface area contributed by atoms with E-state index in [0.717, 1.165) is 16.9 Å². The largest absolute Gasteiger partial charge is 0.485 e. The van der Waals surface area contributed by atoms with Crippen LogP contribution in [0.1, 0.15) is 22.5 Å². The van der Waals surface area contributed by atoms with Crippen LogP contribution >= 0.6 is 12.2 Å². The summed E-state index contributed by atoms with van der Waals surface area (Å²) < 4.78 is 7.61. The van der Waals surface area contributed by atoms with Gasteiger partial charge in [-0.25, -0.2) is 5.10 Å².